The minimum absolute atomic E-state index is 0.194. The van der Waals surface area contributed by atoms with Gasteiger partial charge in [0.25, 0.3) is 5.91 Å². The first kappa shape index (κ1) is 18.0. The molecule has 1 atom stereocenters. The van der Waals surface area contributed by atoms with Crippen molar-refractivity contribution in [3.05, 3.63) is 59.2 Å². The summed E-state index contributed by atoms with van der Waals surface area (Å²) in [6.07, 6.45) is 1.17. The van der Waals surface area contributed by atoms with Crippen molar-refractivity contribution in [2.75, 3.05) is 13.4 Å². The van der Waals surface area contributed by atoms with Crippen molar-refractivity contribution in [3.63, 3.8) is 0 Å². The molecule has 0 bridgehead atoms. The van der Waals surface area contributed by atoms with Gasteiger partial charge in [-0.3, -0.25) is 4.79 Å². The van der Waals surface area contributed by atoms with Crippen LogP contribution in [-0.2, 0) is 9.84 Å². The number of carbonyl (C=O) groups excluding carboxylic acids is 1. The Morgan fingerprint density at radius 1 is 1.12 bits per heavy atom. The van der Waals surface area contributed by atoms with Gasteiger partial charge in [0.1, 0.15) is 5.75 Å². The number of rotatable bonds is 5. The van der Waals surface area contributed by atoms with Crippen molar-refractivity contribution in [2.45, 2.75) is 24.8 Å². The van der Waals surface area contributed by atoms with Crippen LogP contribution in [0.3, 0.4) is 0 Å². The Bertz CT molecular complexity index is 842. The summed E-state index contributed by atoms with van der Waals surface area (Å²) in [5.41, 5.74) is 2.27. The maximum absolute atomic E-state index is 12.4. The quantitative estimate of drug-likeness (QED) is 0.903. The Kier molecular flexibility index (Phi) is 5.29. The molecule has 1 amide bonds. The van der Waals surface area contributed by atoms with Crippen LogP contribution >= 0.6 is 0 Å². The lowest BCUT2D eigenvalue weighted by Crippen LogP contribution is -2.26. The topological polar surface area (TPSA) is 72.5 Å². The first-order chi connectivity index (χ1) is 11.2. The van der Waals surface area contributed by atoms with Crippen molar-refractivity contribution >= 4 is 15.7 Å². The molecule has 1 N–H and O–H groups in total. The number of nitrogens with one attached hydrogen (secondary N) is 1. The Labute approximate surface area is 142 Å². The van der Waals surface area contributed by atoms with Crippen LogP contribution in [0.4, 0.5) is 0 Å². The normalized spacial score (nSPS) is 12.5. The predicted octanol–water partition coefficient (Wildman–Crippen LogP) is 2.90. The summed E-state index contributed by atoms with van der Waals surface area (Å²) in [4.78, 5) is 12.6. The molecule has 0 unspecified atom stereocenters. The fraction of sp³-hybridized carbons (Fsp3) is 0.278. The number of benzene rings is 2. The highest BCUT2D eigenvalue weighted by Gasteiger charge is 2.14. The predicted molar refractivity (Wildman–Crippen MR) is 93.2 cm³/mol. The SMILES string of the molecule is COc1ccc(C(=O)N[C@H](C)c2ccc(S(C)(=O)=O)cc2)cc1C. The van der Waals surface area contributed by atoms with Gasteiger partial charge in [0.15, 0.2) is 9.84 Å². The van der Waals surface area contributed by atoms with E-state index in [1.807, 2.05) is 13.8 Å². The van der Waals surface area contributed by atoms with E-state index in [9.17, 15) is 13.2 Å². The molecule has 0 aliphatic heterocycles. The number of aryl methyl sites for hydroxylation is 1. The van der Waals surface area contributed by atoms with Gasteiger partial charge in [0.05, 0.1) is 18.0 Å². The largest absolute Gasteiger partial charge is 0.496 e. The third-order valence-corrected chi connectivity index (χ3v) is 4.94. The summed E-state index contributed by atoms with van der Waals surface area (Å²) in [5, 5.41) is 2.91. The summed E-state index contributed by atoms with van der Waals surface area (Å²) in [6, 6.07) is 11.5. The maximum atomic E-state index is 12.4. The standard InChI is InChI=1S/C18H21NO4S/c1-12-11-15(7-10-17(12)23-3)18(20)19-13(2)14-5-8-16(9-6-14)24(4,21)22/h5-11,13H,1-4H3,(H,19,20)/t13-/m1/s1. The van der Waals surface area contributed by atoms with Gasteiger partial charge in [-0.2, -0.15) is 0 Å². The number of carbonyl (C=O) groups is 1. The van der Waals surface area contributed by atoms with Gasteiger partial charge >= 0.3 is 0 Å². The van der Waals surface area contributed by atoms with Crippen LogP contribution in [-0.4, -0.2) is 27.7 Å². The zero-order valence-electron chi connectivity index (χ0n) is 14.2. The Hall–Kier alpha value is -2.34. The molecule has 0 heterocycles. The fourth-order valence-corrected chi connectivity index (χ4v) is 3.02. The molecule has 2 aromatic rings. The van der Waals surface area contributed by atoms with Crippen molar-refractivity contribution in [2.24, 2.45) is 0 Å². The van der Waals surface area contributed by atoms with Gasteiger partial charge < -0.3 is 10.1 Å². The van der Waals surface area contributed by atoms with E-state index in [2.05, 4.69) is 5.32 Å². The Balaban J connectivity index is 2.12. The monoisotopic (exact) mass is 347 g/mol. The molecule has 0 aliphatic carbocycles. The molecule has 0 aromatic heterocycles. The van der Waals surface area contributed by atoms with E-state index >= 15 is 0 Å². The summed E-state index contributed by atoms with van der Waals surface area (Å²) in [5.74, 6) is 0.538. The zero-order chi connectivity index (χ0) is 17.9. The molecule has 0 aliphatic rings. The van der Waals surface area contributed by atoms with Gasteiger partial charge in [0.2, 0.25) is 0 Å². The van der Waals surface area contributed by atoms with Gasteiger partial charge in [-0.25, -0.2) is 8.42 Å². The van der Waals surface area contributed by atoms with Crippen molar-refractivity contribution in [1.82, 2.24) is 5.32 Å². The van der Waals surface area contributed by atoms with E-state index in [1.54, 1.807) is 49.6 Å². The number of sulfone groups is 1. The molecule has 0 saturated carbocycles. The van der Waals surface area contributed by atoms with E-state index in [4.69, 9.17) is 4.74 Å². The molecular weight excluding hydrogens is 326 g/mol. The van der Waals surface area contributed by atoms with Gasteiger partial charge in [-0.1, -0.05) is 12.1 Å². The van der Waals surface area contributed by atoms with Crippen LogP contribution in [0.2, 0.25) is 0 Å². The van der Waals surface area contributed by atoms with Crippen LogP contribution in [0.1, 0.15) is 34.5 Å². The maximum Gasteiger partial charge on any atom is 0.251 e. The second-order valence-electron chi connectivity index (χ2n) is 5.72. The first-order valence-electron chi connectivity index (χ1n) is 7.48. The molecule has 0 radical (unpaired) electrons. The van der Waals surface area contributed by atoms with Crippen LogP contribution in [0.25, 0.3) is 0 Å². The van der Waals surface area contributed by atoms with E-state index in [1.165, 1.54) is 6.26 Å². The van der Waals surface area contributed by atoms with Crippen LogP contribution in [0, 0.1) is 6.92 Å². The Morgan fingerprint density at radius 3 is 2.25 bits per heavy atom. The lowest BCUT2D eigenvalue weighted by molar-refractivity contribution is 0.0939. The third kappa shape index (κ3) is 4.14. The smallest absolute Gasteiger partial charge is 0.251 e. The van der Waals surface area contributed by atoms with Crippen molar-refractivity contribution < 1.29 is 17.9 Å². The number of amides is 1. The van der Waals surface area contributed by atoms with Gasteiger partial charge in [0, 0.05) is 11.8 Å². The second kappa shape index (κ2) is 7.05. The fourth-order valence-electron chi connectivity index (χ4n) is 2.39. The second-order valence-corrected chi connectivity index (χ2v) is 7.74. The summed E-state index contributed by atoms with van der Waals surface area (Å²) in [7, 11) is -1.63. The number of methoxy groups -OCH3 is 1. The molecule has 0 spiro atoms. The highest BCUT2D eigenvalue weighted by atomic mass is 32.2. The molecule has 6 heteroatoms. The highest BCUT2D eigenvalue weighted by molar-refractivity contribution is 7.90. The van der Waals surface area contributed by atoms with E-state index in [0.717, 1.165) is 16.9 Å². The van der Waals surface area contributed by atoms with E-state index in [-0.39, 0.29) is 16.8 Å². The van der Waals surface area contributed by atoms with E-state index < -0.39 is 9.84 Å². The Morgan fingerprint density at radius 2 is 1.75 bits per heavy atom. The molecule has 5 nitrogen and oxygen atoms in total. The lowest BCUT2D eigenvalue weighted by Gasteiger charge is -2.15. The van der Waals surface area contributed by atoms with Gasteiger partial charge in [-0.15, -0.1) is 0 Å². The average molecular weight is 347 g/mol. The van der Waals surface area contributed by atoms with Crippen molar-refractivity contribution in [3.8, 4) is 5.75 Å². The summed E-state index contributed by atoms with van der Waals surface area (Å²) < 4.78 is 28.1. The molecule has 0 saturated heterocycles. The highest BCUT2D eigenvalue weighted by Crippen LogP contribution is 2.20. The number of ether oxygens (including phenoxy) is 1. The van der Waals surface area contributed by atoms with Crippen LogP contribution in [0.15, 0.2) is 47.4 Å². The number of hydrogen-bond donors (Lipinski definition) is 1. The molecule has 128 valence electrons. The summed E-state index contributed by atoms with van der Waals surface area (Å²) >= 11 is 0. The molecule has 2 rings (SSSR count). The van der Waals surface area contributed by atoms with Crippen LogP contribution < -0.4 is 10.1 Å². The number of hydrogen-bond acceptors (Lipinski definition) is 4. The first-order valence-corrected chi connectivity index (χ1v) is 9.37. The minimum Gasteiger partial charge on any atom is -0.496 e. The van der Waals surface area contributed by atoms with Crippen molar-refractivity contribution in [1.29, 1.82) is 0 Å². The van der Waals surface area contributed by atoms with Crippen LogP contribution in [0.5, 0.6) is 5.75 Å². The molecule has 0 fully saturated rings. The molecular formula is C18H21NO4S. The van der Waals surface area contributed by atoms with Gasteiger partial charge in [-0.05, 0) is 55.3 Å². The summed E-state index contributed by atoms with van der Waals surface area (Å²) in [6.45, 7) is 3.73. The molecule has 24 heavy (non-hydrogen) atoms. The third-order valence-electron chi connectivity index (χ3n) is 3.81. The van der Waals surface area contributed by atoms with E-state index in [0.29, 0.717) is 5.56 Å². The molecule has 2 aromatic carbocycles. The average Bonchev–Trinajstić information content (AvgIpc) is 2.54. The lowest BCUT2D eigenvalue weighted by atomic mass is 10.1. The zero-order valence-corrected chi connectivity index (χ0v) is 15.0. The minimum atomic E-state index is -3.22.